The van der Waals surface area contributed by atoms with Crippen LogP contribution >= 0.6 is 23.4 Å². The van der Waals surface area contributed by atoms with Gasteiger partial charge in [-0.3, -0.25) is 4.79 Å². The Hall–Kier alpha value is -2.52. The Kier molecular flexibility index (Phi) is 6.24. The Morgan fingerprint density at radius 3 is 2.55 bits per heavy atom. The number of carbonyl (C=O) groups excluding carboxylic acids is 1. The van der Waals surface area contributed by atoms with Gasteiger partial charge in [0.05, 0.1) is 26.9 Å². The number of amides is 1. The van der Waals surface area contributed by atoms with Crippen LogP contribution in [-0.2, 0) is 11.0 Å². The lowest BCUT2D eigenvalue weighted by atomic mass is 10.2. The third-order valence-electron chi connectivity index (χ3n) is 5.00. The molecule has 5 nitrogen and oxygen atoms in total. The lowest BCUT2D eigenvalue weighted by molar-refractivity contribution is -0.137. The van der Waals surface area contributed by atoms with Gasteiger partial charge in [0.1, 0.15) is 5.82 Å². The maximum absolute atomic E-state index is 12.8. The molecule has 1 fully saturated rings. The van der Waals surface area contributed by atoms with Crippen LogP contribution in [0, 0.1) is 0 Å². The van der Waals surface area contributed by atoms with Gasteiger partial charge in [0.25, 0.3) is 0 Å². The Labute approximate surface area is 186 Å². The zero-order valence-corrected chi connectivity index (χ0v) is 17.8. The summed E-state index contributed by atoms with van der Waals surface area (Å²) in [6.07, 6.45) is -3.70. The highest BCUT2D eigenvalue weighted by Gasteiger charge is 2.32. The van der Waals surface area contributed by atoms with Crippen molar-refractivity contribution in [2.75, 3.05) is 36.8 Å². The Morgan fingerprint density at radius 2 is 1.84 bits per heavy atom. The van der Waals surface area contributed by atoms with Crippen LogP contribution in [0.15, 0.2) is 53.7 Å². The van der Waals surface area contributed by atoms with Gasteiger partial charge >= 0.3 is 6.18 Å². The number of hydrogen-bond donors (Lipinski definition) is 0. The number of aromatic nitrogens is 2. The van der Waals surface area contributed by atoms with Crippen LogP contribution in [-0.4, -0.2) is 52.7 Å². The summed E-state index contributed by atoms with van der Waals surface area (Å²) >= 11 is 7.42. The fraction of sp³-hybridized carbons (Fsp3) is 0.286. The van der Waals surface area contributed by atoms with E-state index in [2.05, 4.69) is 9.97 Å². The molecule has 0 atom stereocenters. The lowest BCUT2D eigenvalue weighted by Crippen LogP contribution is -2.49. The zero-order chi connectivity index (χ0) is 22.0. The highest BCUT2D eigenvalue weighted by atomic mass is 35.5. The van der Waals surface area contributed by atoms with Crippen molar-refractivity contribution in [2.24, 2.45) is 0 Å². The molecule has 4 rings (SSSR count). The molecule has 10 heteroatoms. The first-order valence-corrected chi connectivity index (χ1v) is 10.9. The molecule has 3 aromatic rings. The highest BCUT2D eigenvalue weighted by molar-refractivity contribution is 7.99. The monoisotopic (exact) mass is 466 g/mol. The van der Waals surface area contributed by atoms with E-state index in [9.17, 15) is 18.0 Å². The van der Waals surface area contributed by atoms with Gasteiger partial charge in [-0.2, -0.15) is 13.2 Å². The predicted molar refractivity (Wildman–Crippen MR) is 116 cm³/mol. The first kappa shape index (κ1) is 21.7. The van der Waals surface area contributed by atoms with E-state index in [-0.39, 0.29) is 16.7 Å². The molecular weight excluding hydrogens is 449 g/mol. The third kappa shape index (κ3) is 5.04. The number of fused-ring (bicyclic) bond motifs is 1. The summed E-state index contributed by atoms with van der Waals surface area (Å²) in [5.74, 6) is 0.563. The van der Waals surface area contributed by atoms with Crippen LogP contribution in [0.2, 0.25) is 5.02 Å². The molecule has 1 aromatic carbocycles. The summed E-state index contributed by atoms with van der Waals surface area (Å²) in [5, 5.41) is 1.78. The number of thioether (sulfide) groups is 1. The molecule has 0 unspecified atom stereocenters. The van der Waals surface area contributed by atoms with E-state index in [0.29, 0.717) is 32.0 Å². The normalized spacial score (nSPS) is 14.8. The number of para-hydroxylation sites is 1. The maximum Gasteiger partial charge on any atom is 0.417 e. The minimum Gasteiger partial charge on any atom is -0.352 e. The van der Waals surface area contributed by atoms with Crippen molar-refractivity contribution in [1.29, 1.82) is 0 Å². The molecule has 0 saturated carbocycles. The number of anilines is 1. The summed E-state index contributed by atoms with van der Waals surface area (Å²) in [4.78, 5) is 24.6. The summed E-state index contributed by atoms with van der Waals surface area (Å²) in [7, 11) is 0. The van der Waals surface area contributed by atoms with Crippen LogP contribution in [0.1, 0.15) is 5.56 Å². The number of piperazine rings is 1. The summed E-state index contributed by atoms with van der Waals surface area (Å²) in [6, 6.07) is 12.6. The average molecular weight is 467 g/mol. The average Bonchev–Trinajstić information content (AvgIpc) is 2.77. The molecule has 0 aliphatic carbocycles. The quantitative estimate of drug-likeness (QED) is 0.520. The molecule has 1 amide bonds. The predicted octanol–water partition coefficient (Wildman–Crippen LogP) is 4.74. The number of halogens is 4. The van der Waals surface area contributed by atoms with Gasteiger partial charge in [-0.1, -0.05) is 47.6 Å². The van der Waals surface area contributed by atoms with E-state index in [1.54, 1.807) is 9.80 Å². The number of nitrogens with zero attached hydrogens (tertiary/aromatic N) is 4. The molecule has 0 spiro atoms. The molecule has 162 valence electrons. The van der Waals surface area contributed by atoms with Gasteiger partial charge in [0.15, 0.2) is 0 Å². The molecule has 1 saturated heterocycles. The van der Waals surface area contributed by atoms with Gasteiger partial charge in [-0.15, -0.1) is 0 Å². The van der Waals surface area contributed by atoms with Crippen molar-refractivity contribution in [3.63, 3.8) is 0 Å². The van der Waals surface area contributed by atoms with E-state index in [1.165, 1.54) is 11.8 Å². The van der Waals surface area contributed by atoms with Gasteiger partial charge in [0, 0.05) is 37.8 Å². The van der Waals surface area contributed by atoms with E-state index in [1.807, 2.05) is 36.4 Å². The van der Waals surface area contributed by atoms with Crippen LogP contribution in [0.5, 0.6) is 0 Å². The maximum atomic E-state index is 12.8. The second-order valence-corrected chi connectivity index (χ2v) is 8.43. The molecular formula is C21H18ClF3N4OS. The van der Waals surface area contributed by atoms with Gasteiger partial charge in [-0.05, 0) is 18.2 Å². The molecule has 0 radical (unpaired) electrons. The standard InChI is InChI=1S/C21H18ClF3N4OS/c22-16-11-15(21(23,24)25)12-26-20(16)29-9-7-28(8-10-29)19(30)13-31-18-6-5-14-3-1-2-4-17(14)27-18/h1-6,11-12H,7-10,13H2. The molecule has 1 aliphatic heterocycles. The zero-order valence-electron chi connectivity index (χ0n) is 16.3. The van der Waals surface area contributed by atoms with Crippen LogP contribution in [0.25, 0.3) is 10.9 Å². The van der Waals surface area contributed by atoms with E-state index in [4.69, 9.17) is 11.6 Å². The number of pyridine rings is 2. The van der Waals surface area contributed by atoms with Crippen molar-refractivity contribution < 1.29 is 18.0 Å². The number of benzene rings is 1. The summed E-state index contributed by atoms with van der Waals surface area (Å²) in [6.45, 7) is 1.79. The van der Waals surface area contributed by atoms with E-state index < -0.39 is 11.7 Å². The van der Waals surface area contributed by atoms with Gasteiger partial charge in [0.2, 0.25) is 5.91 Å². The number of rotatable bonds is 4. The topological polar surface area (TPSA) is 49.3 Å². The number of carbonyl (C=O) groups is 1. The first-order valence-electron chi connectivity index (χ1n) is 9.55. The largest absolute Gasteiger partial charge is 0.417 e. The second kappa shape index (κ2) is 8.92. The van der Waals surface area contributed by atoms with Crippen LogP contribution in [0.3, 0.4) is 0 Å². The summed E-state index contributed by atoms with van der Waals surface area (Å²) < 4.78 is 38.4. The van der Waals surface area contributed by atoms with Crippen molar-refractivity contribution in [3.05, 3.63) is 59.2 Å². The number of hydrogen-bond acceptors (Lipinski definition) is 5. The SMILES string of the molecule is O=C(CSc1ccc2ccccc2n1)N1CCN(c2ncc(C(F)(F)F)cc2Cl)CC1. The second-order valence-electron chi connectivity index (χ2n) is 7.03. The van der Waals surface area contributed by atoms with Crippen molar-refractivity contribution in [3.8, 4) is 0 Å². The smallest absolute Gasteiger partial charge is 0.352 e. The Balaban J connectivity index is 1.32. The lowest BCUT2D eigenvalue weighted by Gasteiger charge is -2.35. The first-order chi connectivity index (χ1) is 14.8. The third-order valence-corrected chi connectivity index (χ3v) is 6.19. The van der Waals surface area contributed by atoms with Crippen molar-refractivity contribution in [1.82, 2.24) is 14.9 Å². The minimum atomic E-state index is -4.49. The van der Waals surface area contributed by atoms with Gasteiger partial charge < -0.3 is 9.80 Å². The molecule has 1 aliphatic rings. The van der Waals surface area contributed by atoms with Crippen LogP contribution < -0.4 is 4.90 Å². The highest BCUT2D eigenvalue weighted by Crippen LogP contribution is 2.33. The number of alkyl halides is 3. The molecule has 3 heterocycles. The fourth-order valence-corrected chi connectivity index (χ4v) is 4.41. The molecule has 31 heavy (non-hydrogen) atoms. The fourth-order valence-electron chi connectivity index (χ4n) is 3.34. The minimum absolute atomic E-state index is 0.00826. The van der Waals surface area contributed by atoms with Gasteiger partial charge in [-0.25, -0.2) is 9.97 Å². The Morgan fingerprint density at radius 1 is 1.10 bits per heavy atom. The molecule has 2 aromatic heterocycles. The van der Waals surface area contributed by atoms with E-state index in [0.717, 1.165) is 28.2 Å². The summed E-state index contributed by atoms with van der Waals surface area (Å²) in [5.41, 5.74) is 0.00359. The van der Waals surface area contributed by atoms with E-state index >= 15 is 0 Å². The van der Waals surface area contributed by atoms with Crippen molar-refractivity contribution in [2.45, 2.75) is 11.2 Å². The molecule has 0 bridgehead atoms. The Bertz CT molecular complexity index is 1100. The molecule has 0 N–H and O–H groups in total. The van der Waals surface area contributed by atoms with Crippen molar-refractivity contribution >= 4 is 46.0 Å². The van der Waals surface area contributed by atoms with Crippen LogP contribution in [0.4, 0.5) is 19.0 Å².